The predicted octanol–water partition coefficient (Wildman–Crippen LogP) is 2.91. The number of benzene rings is 1. The van der Waals surface area contributed by atoms with Crippen LogP contribution in [-0.4, -0.2) is 29.8 Å². The highest BCUT2D eigenvalue weighted by Gasteiger charge is 2.29. The lowest BCUT2D eigenvalue weighted by Crippen LogP contribution is -2.21. The third kappa shape index (κ3) is 3.37. The average Bonchev–Trinajstić information content (AvgIpc) is 2.87. The van der Waals surface area contributed by atoms with Crippen molar-refractivity contribution in [2.75, 3.05) is 7.11 Å². The standard InChI is InChI=1S/C18H19NO5/c1-10-14(12(3)20)11(2)19-15(10)17(21)24-16(18(22)23-4)13-8-6-5-7-9-13/h5-9,16,19H,1-4H3/t16-/m0/s1. The highest BCUT2D eigenvalue weighted by atomic mass is 16.6. The summed E-state index contributed by atoms with van der Waals surface area (Å²) in [5.74, 6) is -1.54. The summed E-state index contributed by atoms with van der Waals surface area (Å²) in [5.41, 5.74) is 2.20. The Labute approximate surface area is 139 Å². The average molecular weight is 329 g/mol. The van der Waals surface area contributed by atoms with Gasteiger partial charge in [-0.05, 0) is 26.3 Å². The largest absolute Gasteiger partial charge is 0.466 e. The summed E-state index contributed by atoms with van der Waals surface area (Å²) in [6.07, 6.45) is -1.17. The van der Waals surface area contributed by atoms with E-state index in [1.807, 2.05) is 0 Å². The molecule has 6 nitrogen and oxygen atoms in total. The lowest BCUT2D eigenvalue weighted by Gasteiger charge is -2.15. The van der Waals surface area contributed by atoms with Gasteiger partial charge in [0.05, 0.1) is 7.11 Å². The monoisotopic (exact) mass is 329 g/mol. The zero-order valence-corrected chi connectivity index (χ0v) is 14.0. The Morgan fingerprint density at radius 1 is 1.08 bits per heavy atom. The van der Waals surface area contributed by atoms with E-state index < -0.39 is 18.0 Å². The number of carbonyl (C=O) groups excluding carboxylic acids is 3. The number of Topliss-reactive ketones (excluding diaryl/α,β-unsaturated/α-hetero) is 1. The van der Waals surface area contributed by atoms with Crippen LogP contribution in [0.5, 0.6) is 0 Å². The molecule has 0 amide bonds. The molecule has 24 heavy (non-hydrogen) atoms. The Bertz CT molecular complexity index is 776. The van der Waals surface area contributed by atoms with Crippen molar-refractivity contribution in [3.05, 3.63) is 58.4 Å². The molecule has 1 aromatic heterocycles. The fourth-order valence-electron chi connectivity index (χ4n) is 2.64. The molecule has 0 aliphatic carbocycles. The summed E-state index contributed by atoms with van der Waals surface area (Å²) >= 11 is 0. The molecule has 1 heterocycles. The van der Waals surface area contributed by atoms with Gasteiger partial charge in [-0.25, -0.2) is 9.59 Å². The summed E-state index contributed by atoms with van der Waals surface area (Å²) < 4.78 is 10.1. The number of hydrogen-bond donors (Lipinski definition) is 1. The molecule has 1 atom stereocenters. The van der Waals surface area contributed by atoms with Crippen LogP contribution in [0.4, 0.5) is 0 Å². The van der Waals surface area contributed by atoms with Gasteiger partial charge < -0.3 is 14.5 Å². The number of ketones is 1. The molecule has 2 rings (SSSR count). The molecule has 1 N–H and O–H groups in total. The van der Waals surface area contributed by atoms with Gasteiger partial charge in [-0.15, -0.1) is 0 Å². The smallest absolute Gasteiger partial charge is 0.356 e. The molecule has 0 aliphatic heterocycles. The zero-order valence-electron chi connectivity index (χ0n) is 14.0. The number of ether oxygens (including phenoxy) is 2. The van der Waals surface area contributed by atoms with Crippen molar-refractivity contribution in [2.45, 2.75) is 26.9 Å². The molecule has 2 aromatic rings. The number of aromatic amines is 1. The Morgan fingerprint density at radius 3 is 2.21 bits per heavy atom. The molecule has 126 valence electrons. The van der Waals surface area contributed by atoms with Crippen LogP contribution in [-0.2, 0) is 14.3 Å². The van der Waals surface area contributed by atoms with Crippen LogP contribution in [0.15, 0.2) is 30.3 Å². The lowest BCUT2D eigenvalue weighted by molar-refractivity contribution is -0.151. The van der Waals surface area contributed by atoms with Crippen molar-refractivity contribution >= 4 is 17.7 Å². The first-order valence-corrected chi connectivity index (χ1v) is 7.40. The van der Waals surface area contributed by atoms with Gasteiger partial charge in [-0.1, -0.05) is 30.3 Å². The van der Waals surface area contributed by atoms with Crippen LogP contribution in [0.2, 0.25) is 0 Å². The molecule has 0 radical (unpaired) electrons. The Hall–Kier alpha value is -2.89. The number of methoxy groups -OCH3 is 1. The third-order valence-corrected chi connectivity index (χ3v) is 3.74. The first-order chi connectivity index (χ1) is 11.4. The minimum absolute atomic E-state index is 0.145. The summed E-state index contributed by atoms with van der Waals surface area (Å²) in [5, 5.41) is 0. The van der Waals surface area contributed by atoms with Crippen LogP contribution in [0.3, 0.4) is 0 Å². The second kappa shape index (κ2) is 7.12. The quantitative estimate of drug-likeness (QED) is 0.673. The van der Waals surface area contributed by atoms with Crippen LogP contribution < -0.4 is 0 Å². The Balaban J connectivity index is 2.34. The highest BCUT2D eigenvalue weighted by Crippen LogP contribution is 2.24. The SMILES string of the molecule is COC(=O)[C@@H](OC(=O)c1[nH]c(C)c(C(C)=O)c1C)c1ccccc1. The van der Waals surface area contributed by atoms with Crippen molar-refractivity contribution in [2.24, 2.45) is 0 Å². The molecule has 0 spiro atoms. The van der Waals surface area contributed by atoms with Crippen molar-refractivity contribution < 1.29 is 23.9 Å². The van der Waals surface area contributed by atoms with E-state index in [0.29, 0.717) is 22.4 Å². The second-order valence-corrected chi connectivity index (χ2v) is 5.40. The summed E-state index contributed by atoms with van der Waals surface area (Å²) in [6, 6.07) is 8.59. The van der Waals surface area contributed by atoms with Gasteiger partial charge in [-0.2, -0.15) is 0 Å². The number of nitrogens with one attached hydrogen (secondary N) is 1. The maximum absolute atomic E-state index is 12.5. The first kappa shape index (κ1) is 17.5. The number of rotatable bonds is 5. The van der Waals surface area contributed by atoms with E-state index in [9.17, 15) is 14.4 Å². The van der Waals surface area contributed by atoms with Crippen molar-refractivity contribution in [3.63, 3.8) is 0 Å². The van der Waals surface area contributed by atoms with Gasteiger partial charge >= 0.3 is 11.9 Å². The fraction of sp³-hybridized carbons (Fsp3) is 0.278. The molecule has 0 saturated heterocycles. The minimum Gasteiger partial charge on any atom is -0.466 e. The molecule has 0 unspecified atom stereocenters. The molecular weight excluding hydrogens is 310 g/mol. The number of H-pyrrole nitrogens is 1. The highest BCUT2D eigenvalue weighted by molar-refractivity contribution is 6.01. The molecule has 0 fully saturated rings. The van der Waals surface area contributed by atoms with Crippen LogP contribution >= 0.6 is 0 Å². The van der Waals surface area contributed by atoms with Crippen LogP contribution in [0.1, 0.15) is 50.7 Å². The van der Waals surface area contributed by atoms with E-state index in [0.717, 1.165) is 0 Å². The zero-order chi connectivity index (χ0) is 17.9. The molecule has 0 aliphatic rings. The summed E-state index contributed by atoms with van der Waals surface area (Å²) in [7, 11) is 1.23. The number of aryl methyl sites for hydroxylation is 1. The molecule has 1 aromatic carbocycles. The fourth-order valence-corrected chi connectivity index (χ4v) is 2.64. The van der Waals surface area contributed by atoms with Gasteiger partial charge in [-0.3, -0.25) is 4.79 Å². The number of hydrogen-bond acceptors (Lipinski definition) is 5. The van der Waals surface area contributed by atoms with Gasteiger partial charge in [0.15, 0.2) is 5.78 Å². The second-order valence-electron chi connectivity index (χ2n) is 5.40. The van der Waals surface area contributed by atoms with Gasteiger partial charge in [0.2, 0.25) is 6.10 Å². The summed E-state index contributed by atoms with van der Waals surface area (Å²) in [4.78, 5) is 39.0. The molecule has 6 heteroatoms. The van der Waals surface area contributed by atoms with E-state index in [-0.39, 0.29) is 11.5 Å². The normalized spacial score (nSPS) is 11.7. The number of aromatic nitrogens is 1. The first-order valence-electron chi connectivity index (χ1n) is 7.40. The Morgan fingerprint density at radius 2 is 1.71 bits per heavy atom. The van der Waals surface area contributed by atoms with Gasteiger partial charge in [0.25, 0.3) is 0 Å². The van der Waals surface area contributed by atoms with Crippen LogP contribution in [0.25, 0.3) is 0 Å². The van der Waals surface area contributed by atoms with Crippen molar-refractivity contribution in [1.29, 1.82) is 0 Å². The van der Waals surface area contributed by atoms with Crippen LogP contribution in [0, 0.1) is 13.8 Å². The maximum atomic E-state index is 12.5. The molecule has 0 bridgehead atoms. The minimum atomic E-state index is -1.17. The van der Waals surface area contributed by atoms with Crippen molar-refractivity contribution in [1.82, 2.24) is 4.98 Å². The molecular formula is C18H19NO5. The van der Waals surface area contributed by atoms with E-state index in [2.05, 4.69) is 4.98 Å². The third-order valence-electron chi connectivity index (χ3n) is 3.74. The summed E-state index contributed by atoms with van der Waals surface area (Å²) in [6.45, 7) is 4.79. The van der Waals surface area contributed by atoms with Gasteiger partial charge in [0, 0.05) is 16.8 Å². The van der Waals surface area contributed by atoms with Gasteiger partial charge in [0.1, 0.15) is 5.69 Å². The molecule has 0 saturated carbocycles. The predicted molar refractivity (Wildman–Crippen MR) is 86.9 cm³/mol. The lowest BCUT2D eigenvalue weighted by atomic mass is 10.1. The van der Waals surface area contributed by atoms with E-state index in [4.69, 9.17) is 9.47 Å². The Kier molecular flexibility index (Phi) is 5.18. The van der Waals surface area contributed by atoms with Crippen molar-refractivity contribution in [3.8, 4) is 0 Å². The number of carbonyl (C=O) groups is 3. The van der Waals surface area contributed by atoms with E-state index in [1.165, 1.54) is 14.0 Å². The maximum Gasteiger partial charge on any atom is 0.356 e. The van der Waals surface area contributed by atoms with E-state index >= 15 is 0 Å². The number of esters is 2. The van der Waals surface area contributed by atoms with E-state index in [1.54, 1.807) is 44.2 Å². The topological polar surface area (TPSA) is 85.5 Å².